The van der Waals surface area contributed by atoms with Crippen LogP contribution in [0.15, 0.2) is 33.2 Å². The molecule has 0 aliphatic rings. The minimum atomic E-state index is -0.0194. The number of hydrogen-bond acceptors (Lipinski definition) is 3. The number of rotatable bonds is 3. The standard InChI is InChI=1S/C16H19Br2N3/c1-5-19-14-9-13(16(2,3)4)20-15(21-14)10-6-7-11(17)12(18)8-10/h6-9H,5H2,1-4H3,(H,19,20,21). The minimum absolute atomic E-state index is 0.0194. The first kappa shape index (κ1) is 16.4. The number of nitrogens with one attached hydrogen (secondary N) is 1. The molecule has 0 radical (unpaired) electrons. The SMILES string of the molecule is CCNc1cc(C(C)(C)C)nc(-c2ccc(Br)c(Br)c2)n1. The highest BCUT2D eigenvalue weighted by molar-refractivity contribution is 9.13. The highest BCUT2D eigenvalue weighted by Gasteiger charge is 2.18. The number of hydrogen-bond donors (Lipinski definition) is 1. The molecule has 112 valence electrons. The van der Waals surface area contributed by atoms with Gasteiger partial charge in [0.15, 0.2) is 5.82 Å². The number of aromatic nitrogens is 2. The molecular weight excluding hydrogens is 394 g/mol. The van der Waals surface area contributed by atoms with Gasteiger partial charge in [-0.1, -0.05) is 20.8 Å². The zero-order chi connectivity index (χ0) is 15.6. The molecule has 2 aromatic rings. The summed E-state index contributed by atoms with van der Waals surface area (Å²) in [4.78, 5) is 9.36. The molecule has 0 saturated carbocycles. The van der Waals surface area contributed by atoms with Crippen LogP contribution in [0, 0.1) is 0 Å². The third-order valence-corrected chi connectivity index (χ3v) is 4.91. The predicted octanol–water partition coefficient (Wildman–Crippen LogP) is 5.40. The average Bonchev–Trinajstić information content (AvgIpc) is 2.41. The summed E-state index contributed by atoms with van der Waals surface area (Å²) in [7, 11) is 0. The molecular formula is C16H19Br2N3. The Morgan fingerprint density at radius 2 is 1.76 bits per heavy atom. The van der Waals surface area contributed by atoms with Crippen molar-refractivity contribution in [1.29, 1.82) is 0 Å². The Morgan fingerprint density at radius 3 is 2.33 bits per heavy atom. The van der Waals surface area contributed by atoms with Crippen LogP contribution in [0.25, 0.3) is 11.4 Å². The fourth-order valence-electron chi connectivity index (χ4n) is 1.87. The first-order chi connectivity index (χ1) is 9.81. The van der Waals surface area contributed by atoms with Crippen molar-refractivity contribution >= 4 is 37.7 Å². The number of anilines is 1. The molecule has 0 unspecified atom stereocenters. The summed E-state index contributed by atoms with van der Waals surface area (Å²) >= 11 is 7.02. The molecule has 0 aliphatic heterocycles. The van der Waals surface area contributed by atoms with Crippen molar-refractivity contribution in [3.63, 3.8) is 0 Å². The molecule has 3 nitrogen and oxygen atoms in total. The van der Waals surface area contributed by atoms with Crippen molar-refractivity contribution in [2.45, 2.75) is 33.1 Å². The maximum Gasteiger partial charge on any atom is 0.161 e. The first-order valence-electron chi connectivity index (χ1n) is 6.90. The van der Waals surface area contributed by atoms with Gasteiger partial charge in [0.05, 0.1) is 5.69 Å². The van der Waals surface area contributed by atoms with Crippen LogP contribution in [0.4, 0.5) is 5.82 Å². The predicted molar refractivity (Wildman–Crippen MR) is 95.7 cm³/mol. The number of halogens is 2. The normalized spacial score (nSPS) is 11.5. The first-order valence-corrected chi connectivity index (χ1v) is 8.48. The van der Waals surface area contributed by atoms with Gasteiger partial charge in [0.2, 0.25) is 0 Å². The quantitative estimate of drug-likeness (QED) is 0.733. The summed E-state index contributed by atoms with van der Waals surface area (Å²) in [6.45, 7) is 9.38. The van der Waals surface area contributed by atoms with Gasteiger partial charge in [-0.3, -0.25) is 0 Å². The fraction of sp³-hybridized carbons (Fsp3) is 0.375. The lowest BCUT2D eigenvalue weighted by Gasteiger charge is -2.19. The molecule has 0 bridgehead atoms. The molecule has 0 saturated heterocycles. The Kier molecular flexibility index (Phi) is 5.04. The molecule has 1 aromatic carbocycles. The van der Waals surface area contributed by atoms with E-state index in [0.29, 0.717) is 0 Å². The molecule has 0 fully saturated rings. The van der Waals surface area contributed by atoms with E-state index in [1.165, 1.54) is 0 Å². The molecule has 0 aliphatic carbocycles. The average molecular weight is 413 g/mol. The van der Waals surface area contributed by atoms with Gasteiger partial charge in [-0.2, -0.15) is 0 Å². The van der Waals surface area contributed by atoms with Crippen LogP contribution in [0.5, 0.6) is 0 Å². The van der Waals surface area contributed by atoms with Gasteiger partial charge < -0.3 is 5.32 Å². The van der Waals surface area contributed by atoms with Crippen LogP contribution >= 0.6 is 31.9 Å². The van der Waals surface area contributed by atoms with Crippen LogP contribution in [0.1, 0.15) is 33.4 Å². The van der Waals surface area contributed by atoms with E-state index in [9.17, 15) is 0 Å². The van der Waals surface area contributed by atoms with Gasteiger partial charge in [-0.25, -0.2) is 9.97 Å². The zero-order valence-corrected chi connectivity index (χ0v) is 15.8. The third kappa shape index (κ3) is 4.04. The molecule has 2 rings (SSSR count). The van der Waals surface area contributed by atoms with Gasteiger partial charge >= 0.3 is 0 Å². The van der Waals surface area contributed by atoms with E-state index in [1.807, 2.05) is 24.3 Å². The maximum absolute atomic E-state index is 4.74. The van der Waals surface area contributed by atoms with E-state index in [4.69, 9.17) is 4.98 Å². The van der Waals surface area contributed by atoms with Crippen LogP contribution in [0.3, 0.4) is 0 Å². The van der Waals surface area contributed by atoms with E-state index < -0.39 is 0 Å². The van der Waals surface area contributed by atoms with Crippen molar-refractivity contribution in [3.05, 3.63) is 38.9 Å². The second-order valence-corrected chi connectivity index (χ2v) is 7.58. The van der Waals surface area contributed by atoms with E-state index in [0.717, 1.165) is 38.4 Å². The van der Waals surface area contributed by atoms with Crippen molar-refractivity contribution < 1.29 is 0 Å². The molecule has 5 heteroatoms. The molecule has 1 N–H and O–H groups in total. The van der Waals surface area contributed by atoms with Gasteiger partial charge in [-0.15, -0.1) is 0 Å². The Hall–Kier alpha value is -0.940. The summed E-state index contributed by atoms with van der Waals surface area (Å²) in [5.74, 6) is 1.61. The number of nitrogens with zero attached hydrogens (tertiary/aromatic N) is 2. The second-order valence-electron chi connectivity index (χ2n) is 5.87. The zero-order valence-electron chi connectivity index (χ0n) is 12.7. The lowest BCUT2D eigenvalue weighted by atomic mass is 9.91. The Bertz CT molecular complexity index is 648. The highest BCUT2D eigenvalue weighted by Crippen LogP contribution is 2.30. The van der Waals surface area contributed by atoms with Gasteiger partial charge in [0, 0.05) is 32.5 Å². The Balaban J connectivity index is 2.56. The molecule has 0 amide bonds. The highest BCUT2D eigenvalue weighted by atomic mass is 79.9. The lowest BCUT2D eigenvalue weighted by molar-refractivity contribution is 0.568. The van der Waals surface area contributed by atoms with Crippen LogP contribution in [-0.4, -0.2) is 16.5 Å². The summed E-state index contributed by atoms with van der Waals surface area (Å²) in [5, 5.41) is 3.28. The van der Waals surface area contributed by atoms with Gasteiger partial charge in [0.1, 0.15) is 5.82 Å². The summed E-state index contributed by atoms with van der Waals surface area (Å²) < 4.78 is 2.01. The molecule has 1 aromatic heterocycles. The van der Waals surface area contributed by atoms with Gasteiger partial charge in [0.25, 0.3) is 0 Å². The lowest BCUT2D eigenvalue weighted by Crippen LogP contribution is -2.16. The smallest absolute Gasteiger partial charge is 0.161 e. The van der Waals surface area contributed by atoms with Crippen LogP contribution < -0.4 is 5.32 Å². The monoisotopic (exact) mass is 411 g/mol. The third-order valence-electron chi connectivity index (χ3n) is 3.03. The van der Waals surface area contributed by atoms with Crippen molar-refractivity contribution in [1.82, 2.24) is 9.97 Å². The van der Waals surface area contributed by atoms with Crippen LogP contribution in [0.2, 0.25) is 0 Å². The summed E-state index contributed by atoms with van der Waals surface area (Å²) in [6, 6.07) is 8.08. The molecule has 0 spiro atoms. The summed E-state index contributed by atoms with van der Waals surface area (Å²) in [5.41, 5.74) is 2.01. The van der Waals surface area contributed by atoms with Crippen molar-refractivity contribution in [2.24, 2.45) is 0 Å². The number of benzene rings is 1. The molecule has 21 heavy (non-hydrogen) atoms. The van der Waals surface area contributed by atoms with Crippen molar-refractivity contribution in [2.75, 3.05) is 11.9 Å². The van der Waals surface area contributed by atoms with Gasteiger partial charge in [-0.05, 0) is 57.0 Å². The van der Waals surface area contributed by atoms with Crippen molar-refractivity contribution in [3.8, 4) is 11.4 Å². The summed E-state index contributed by atoms with van der Waals surface area (Å²) in [6.07, 6.45) is 0. The van der Waals surface area contributed by atoms with E-state index in [2.05, 4.69) is 69.9 Å². The second kappa shape index (κ2) is 6.44. The van der Waals surface area contributed by atoms with E-state index in [1.54, 1.807) is 0 Å². The van der Waals surface area contributed by atoms with E-state index >= 15 is 0 Å². The molecule has 0 atom stereocenters. The Labute approximate surface area is 142 Å². The maximum atomic E-state index is 4.74. The minimum Gasteiger partial charge on any atom is -0.370 e. The van der Waals surface area contributed by atoms with Crippen LogP contribution in [-0.2, 0) is 5.41 Å². The topological polar surface area (TPSA) is 37.8 Å². The fourth-order valence-corrected chi connectivity index (χ4v) is 2.49. The largest absolute Gasteiger partial charge is 0.370 e. The van der Waals surface area contributed by atoms with E-state index in [-0.39, 0.29) is 5.41 Å². The molecule has 1 heterocycles. The Morgan fingerprint density at radius 1 is 1.05 bits per heavy atom.